The van der Waals surface area contributed by atoms with Crippen LogP contribution >= 0.6 is 11.6 Å². The Morgan fingerprint density at radius 2 is 2.05 bits per heavy atom. The van der Waals surface area contributed by atoms with E-state index in [0.717, 1.165) is 5.56 Å². The van der Waals surface area contributed by atoms with Crippen molar-refractivity contribution in [2.75, 3.05) is 11.1 Å². The molecule has 2 aromatic carbocycles. The summed E-state index contributed by atoms with van der Waals surface area (Å²) in [4.78, 5) is 11.5. The first kappa shape index (κ1) is 14.2. The van der Waals surface area contributed by atoms with Gasteiger partial charge in [0.05, 0.1) is 16.3 Å². The smallest absolute Gasteiger partial charge is 0.250 e. The maximum Gasteiger partial charge on any atom is 0.250 e. The van der Waals surface area contributed by atoms with E-state index in [4.69, 9.17) is 23.1 Å². The zero-order chi connectivity index (χ0) is 14.7. The van der Waals surface area contributed by atoms with Crippen LogP contribution in [0, 0.1) is 6.92 Å². The first-order valence-corrected chi connectivity index (χ1v) is 6.53. The number of hydrogen-bond donors (Lipinski definition) is 3. The first-order valence-electron chi connectivity index (χ1n) is 6.15. The molecule has 20 heavy (non-hydrogen) atoms. The first-order chi connectivity index (χ1) is 9.47. The third-order valence-corrected chi connectivity index (χ3v) is 3.23. The highest BCUT2D eigenvalue weighted by Gasteiger charge is 2.13. The van der Waals surface area contributed by atoms with Gasteiger partial charge in [-0.05, 0) is 24.6 Å². The summed E-state index contributed by atoms with van der Waals surface area (Å²) in [7, 11) is 0. The third kappa shape index (κ3) is 3.22. The lowest BCUT2D eigenvalue weighted by Crippen LogP contribution is -2.15. The Hall–Kier alpha value is -2.20. The Morgan fingerprint density at radius 1 is 1.30 bits per heavy atom. The van der Waals surface area contributed by atoms with Crippen molar-refractivity contribution in [2.45, 2.75) is 13.5 Å². The summed E-state index contributed by atoms with van der Waals surface area (Å²) >= 11 is 6.13. The molecule has 2 aromatic rings. The van der Waals surface area contributed by atoms with Gasteiger partial charge in [-0.1, -0.05) is 41.4 Å². The van der Waals surface area contributed by atoms with Gasteiger partial charge in [0.25, 0.3) is 5.91 Å². The summed E-state index contributed by atoms with van der Waals surface area (Å²) in [5, 5.41) is 3.53. The highest BCUT2D eigenvalue weighted by atomic mass is 35.5. The number of carbonyl (C=O) groups excluding carboxylic acids is 1. The molecule has 0 fully saturated rings. The van der Waals surface area contributed by atoms with E-state index < -0.39 is 5.91 Å². The highest BCUT2D eigenvalue weighted by Crippen LogP contribution is 2.29. The van der Waals surface area contributed by atoms with Gasteiger partial charge in [0.2, 0.25) is 0 Å². The van der Waals surface area contributed by atoms with Crippen LogP contribution in [0.2, 0.25) is 5.02 Å². The van der Waals surface area contributed by atoms with E-state index in [-0.39, 0.29) is 0 Å². The van der Waals surface area contributed by atoms with Crippen LogP contribution in [0.5, 0.6) is 0 Å². The molecule has 0 saturated carbocycles. The zero-order valence-electron chi connectivity index (χ0n) is 11.1. The quantitative estimate of drug-likeness (QED) is 0.757. The maximum absolute atomic E-state index is 11.5. The van der Waals surface area contributed by atoms with Gasteiger partial charge < -0.3 is 16.8 Å². The number of amides is 1. The van der Waals surface area contributed by atoms with Crippen LogP contribution in [0.4, 0.5) is 11.4 Å². The number of anilines is 2. The maximum atomic E-state index is 11.5. The summed E-state index contributed by atoms with van der Waals surface area (Å²) < 4.78 is 0. The van der Waals surface area contributed by atoms with E-state index in [0.29, 0.717) is 28.5 Å². The molecule has 2 rings (SSSR count). The lowest BCUT2D eigenvalue weighted by atomic mass is 10.1. The molecule has 0 aliphatic heterocycles. The number of benzene rings is 2. The standard InChI is InChI=1S/C15H16ClN3O/c1-9-3-2-4-10(5-9)8-19-14-12(15(18)20)6-11(17)7-13(14)16/h2-7,19H,8,17H2,1H3,(H2,18,20). The summed E-state index contributed by atoms with van der Waals surface area (Å²) in [6.07, 6.45) is 0. The molecule has 0 aliphatic rings. The Balaban J connectivity index is 2.27. The van der Waals surface area contributed by atoms with Gasteiger partial charge >= 0.3 is 0 Å². The molecule has 5 heteroatoms. The SMILES string of the molecule is Cc1cccc(CNc2c(Cl)cc(N)cc2C(N)=O)c1. The Morgan fingerprint density at radius 3 is 2.70 bits per heavy atom. The second-order valence-electron chi connectivity index (χ2n) is 4.63. The Bertz CT molecular complexity index is 656. The number of nitrogen functional groups attached to an aromatic ring is 1. The molecule has 0 atom stereocenters. The molecular weight excluding hydrogens is 274 g/mol. The zero-order valence-corrected chi connectivity index (χ0v) is 11.9. The predicted molar refractivity (Wildman–Crippen MR) is 82.9 cm³/mol. The number of primary amides is 1. The number of hydrogen-bond acceptors (Lipinski definition) is 3. The Kier molecular flexibility index (Phi) is 4.15. The van der Waals surface area contributed by atoms with Crippen molar-refractivity contribution < 1.29 is 4.79 Å². The van der Waals surface area contributed by atoms with Gasteiger partial charge in [0, 0.05) is 12.2 Å². The molecule has 0 bridgehead atoms. The van der Waals surface area contributed by atoms with E-state index in [1.54, 1.807) is 6.07 Å². The van der Waals surface area contributed by atoms with Crippen molar-refractivity contribution in [3.05, 3.63) is 58.1 Å². The average Bonchev–Trinajstić information content (AvgIpc) is 2.36. The molecule has 0 saturated heterocycles. The monoisotopic (exact) mass is 289 g/mol. The highest BCUT2D eigenvalue weighted by molar-refractivity contribution is 6.34. The molecule has 0 spiro atoms. The van der Waals surface area contributed by atoms with Gasteiger partial charge in [-0.2, -0.15) is 0 Å². The van der Waals surface area contributed by atoms with Gasteiger partial charge in [0.15, 0.2) is 0 Å². The molecule has 0 unspecified atom stereocenters. The molecular formula is C15H16ClN3O. The summed E-state index contributed by atoms with van der Waals surface area (Å²) in [6, 6.07) is 11.2. The second-order valence-corrected chi connectivity index (χ2v) is 5.04. The van der Waals surface area contributed by atoms with Crippen molar-refractivity contribution in [1.29, 1.82) is 0 Å². The van der Waals surface area contributed by atoms with Crippen LogP contribution in [0.1, 0.15) is 21.5 Å². The summed E-state index contributed by atoms with van der Waals surface area (Å²) in [6.45, 7) is 2.57. The minimum absolute atomic E-state index is 0.294. The van der Waals surface area contributed by atoms with Gasteiger partial charge in [-0.25, -0.2) is 0 Å². The number of nitrogens with one attached hydrogen (secondary N) is 1. The van der Waals surface area contributed by atoms with Crippen molar-refractivity contribution in [2.24, 2.45) is 5.73 Å². The van der Waals surface area contributed by atoms with Gasteiger partial charge in [-0.3, -0.25) is 4.79 Å². The molecule has 1 amide bonds. The number of halogens is 1. The van der Waals surface area contributed by atoms with Gasteiger partial charge in [0.1, 0.15) is 0 Å². The van der Waals surface area contributed by atoms with Crippen molar-refractivity contribution in [3.63, 3.8) is 0 Å². The van der Waals surface area contributed by atoms with Crippen LogP contribution in [-0.4, -0.2) is 5.91 Å². The number of rotatable bonds is 4. The average molecular weight is 290 g/mol. The minimum atomic E-state index is -0.564. The second kappa shape index (κ2) is 5.84. The molecule has 0 heterocycles. The normalized spacial score (nSPS) is 10.3. The lowest BCUT2D eigenvalue weighted by Gasteiger charge is -2.13. The fourth-order valence-electron chi connectivity index (χ4n) is 2.01. The van der Waals surface area contributed by atoms with Gasteiger partial charge in [-0.15, -0.1) is 0 Å². The molecule has 104 valence electrons. The lowest BCUT2D eigenvalue weighted by molar-refractivity contribution is 0.100. The van der Waals surface area contributed by atoms with E-state index in [2.05, 4.69) is 11.4 Å². The minimum Gasteiger partial charge on any atom is -0.399 e. The van der Waals surface area contributed by atoms with Crippen molar-refractivity contribution >= 4 is 28.9 Å². The molecule has 0 aromatic heterocycles. The van der Waals surface area contributed by atoms with Crippen molar-refractivity contribution in [3.8, 4) is 0 Å². The van der Waals surface area contributed by atoms with Crippen molar-refractivity contribution in [1.82, 2.24) is 0 Å². The fourth-order valence-corrected chi connectivity index (χ4v) is 2.31. The fraction of sp³-hybridized carbons (Fsp3) is 0.133. The number of carbonyl (C=O) groups is 1. The van der Waals surface area contributed by atoms with Crippen LogP contribution in [0.3, 0.4) is 0 Å². The molecule has 0 radical (unpaired) electrons. The van der Waals surface area contributed by atoms with E-state index in [1.165, 1.54) is 11.6 Å². The Labute approximate surface area is 122 Å². The number of aryl methyl sites for hydroxylation is 1. The number of nitrogens with two attached hydrogens (primary N) is 2. The van der Waals surface area contributed by atoms with Crippen LogP contribution in [0.15, 0.2) is 36.4 Å². The summed E-state index contributed by atoms with van der Waals surface area (Å²) in [5.41, 5.74) is 14.5. The van der Waals surface area contributed by atoms with Crippen LogP contribution < -0.4 is 16.8 Å². The van der Waals surface area contributed by atoms with Crippen LogP contribution in [0.25, 0.3) is 0 Å². The molecule has 5 N–H and O–H groups in total. The van der Waals surface area contributed by atoms with E-state index in [9.17, 15) is 4.79 Å². The topological polar surface area (TPSA) is 81.1 Å². The van der Waals surface area contributed by atoms with E-state index in [1.807, 2.05) is 25.1 Å². The largest absolute Gasteiger partial charge is 0.399 e. The van der Waals surface area contributed by atoms with E-state index >= 15 is 0 Å². The van der Waals surface area contributed by atoms with Crippen LogP contribution in [-0.2, 0) is 6.54 Å². The third-order valence-electron chi connectivity index (χ3n) is 2.93. The summed E-state index contributed by atoms with van der Waals surface area (Å²) in [5.74, 6) is -0.564. The molecule has 0 aliphatic carbocycles. The predicted octanol–water partition coefficient (Wildman–Crippen LogP) is 2.94. The molecule has 4 nitrogen and oxygen atoms in total.